The number of anilines is 1. The number of aromatic nitrogens is 2. The number of hydrogen-bond acceptors (Lipinski definition) is 5. The van der Waals surface area contributed by atoms with E-state index >= 15 is 0 Å². The first-order chi connectivity index (χ1) is 11.7. The van der Waals surface area contributed by atoms with Crippen molar-refractivity contribution in [1.29, 1.82) is 0 Å². The van der Waals surface area contributed by atoms with Gasteiger partial charge in [-0.15, -0.1) is 0 Å². The van der Waals surface area contributed by atoms with Gasteiger partial charge in [0.2, 0.25) is 0 Å². The quantitative estimate of drug-likeness (QED) is 0.909. The van der Waals surface area contributed by atoms with E-state index in [1.165, 1.54) is 25.7 Å². The summed E-state index contributed by atoms with van der Waals surface area (Å²) in [4.78, 5) is 25.5. The highest BCUT2D eigenvalue weighted by atomic mass is 16.2. The predicted molar refractivity (Wildman–Crippen MR) is 92.4 cm³/mol. The molecule has 1 atom stereocenters. The molecule has 0 bridgehead atoms. The first kappa shape index (κ1) is 15.1. The van der Waals surface area contributed by atoms with Crippen LogP contribution in [0.25, 0.3) is 11.3 Å². The molecule has 24 heavy (non-hydrogen) atoms. The highest BCUT2D eigenvalue weighted by Gasteiger charge is 2.32. The van der Waals surface area contributed by atoms with Gasteiger partial charge in [-0.05, 0) is 31.5 Å². The van der Waals surface area contributed by atoms with Gasteiger partial charge in [0.25, 0.3) is 5.91 Å². The number of amides is 1. The maximum absolute atomic E-state index is 12.9. The molecule has 4 rings (SSSR count). The first-order valence-electron chi connectivity index (χ1n) is 8.42. The molecule has 0 spiro atoms. The van der Waals surface area contributed by atoms with Crippen molar-refractivity contribution in [2.45, 2.75) is 18.9 Å². The van der Waals surface area contributed by atoms with Crippen molar-refractivity contribution in [3.8, 4) is 11.3 Å². The van der Waals surface area contributed by atoms with Crippen molar-refractivity contribution in [3.05, 3.63) is 42.2 Å². The van der Waals surface area contributed by atoms with Gasteiger partial charge in [0.05, 0.1) is 5.69 Å². The second kappa shape index (κ2) is 6.20. The molecule has 0 unspecified atom stereocenters. The molecule has 1 aromatic carbocycles. The van der Waals surface area contributed by atoms with E-state index in [1.807, 2.05) is 29.2 Å². The Labute approximate surface area is 141 Å². The molecular formula is C18H21N5O. The number of rotatable bonds is 2. The summed E-state index contributed by atoms with van der Waals surface area (Å²) in [5.41, 5.74) is 8.05. The number of carbonyl (C=O) groups is 1. The van der Waals surface area contributed by atoms with E-state index in [-0.39, 0.29) is 5.91 Å². The van der Waals surface area contributed by atoms with Crippen LogP contribution in [0.4, 0.5) is 5.82 Å². The van der Waals surface area contributed by atoms with Crippen LogP contribution in [0.15, 0.2) is 36.7 Å². The Kier molecular flexibility index (Phi) is 3.90. The summed E-state index contributed by atoms with van der Waals surface area (Å²) in [5, 5.41) is 0. The maximum atomic E-state index is 12.9. The average Bonchev–Trinajstić information content (AvgIpc) is 3.09. The number of nitrogens with two attached hydrogens (primary N) is 1. The minimum absolute atomic E-state index is 0.102. The van der Waals surface area contributed by atoms with E-state index in [0.717, 1.165) is 30.9 Å². The number of nitrogen functional groups attached to an aromatic ring is 1. The third kappa shape index (κ3) is 2.85. The fourth-order valence-electron chi connectivity index (χ4n) is 3.70. The molecule has 6 nitrogen and oxygen atoms in total. The molecule has 2 aliphatic rings. The standard InChI is InChI=1S/C18H21N5O/c19-17-10-16(20-12-21-17)13-3-1-4-14(9-13)18(24)23-8-7-22-6-2-5-15(22)11-23/h1,3-4,9-10,12,15H,2,5-8,11H2,(H2,19,20,21)/t15-/m1/s1. The molecule has 0 radical (unpaired) electrons. The smallest absolute Gasteiger partial charge is 0.253 e. The van der Waals surface area contributed by atoms with E-state index in [1.54, 1.807) is 6.07 Å². The van der Waals surface area contributed by atoms with Gasteiger partial charge in [-0.1, -0.05) is 12.1 Å². The van der Waals surface area contributed by atoms with Crippen LogP contribution in [-0.2, 0) is 0 Å². The molecule has 2 fully saturated rings. The Hall–Kier alpha value is -2.47. The van der Waals surface area contributed by atoms with Crippen LogP contribution in [0, 0.1) is 0 Å². The van der Waals surface area contributed by atoms with Gasteiger partial charge >= 0.3 is 0 Å². The Morgan fingerprint density at radius 2 is 2.08 bits per heavy atom. The molecule has 1 amide bonds. The van der Waals surface area contributed by atoms with Crippen LogP contribution >= 0.6 is 0 Å². The van der Waals surface area contributed by atoms with Crippen LogP contribution in [-0.4, -0.2) is 57.9 Å². The summed E-state index contributed by atoms with van der Waals surface area (Å²) in [6, 6.07) is 9.86. The Balaban J connectivity index is 1.56. The molecule has 6 heteroatoms. The zero-order valence-electron chi connectivity index (χ0n) is 13.6. The molecule has 2 saturated heterocycles. The number of piperazine rings is 1. The van der Waals surface area contributed by atoms with E-state index in [9.17, 15) is 4.79 Å². The van der Waals surface area contributed by atoms with Crippen LogP contribution in [0.3, 0.4) is 0 Å². The van der Waals surface area contributed by atoms with Gasteiger partial charge in [-0.2, -0.15) is 0 Å². The van der Waals surface area contributed by atoms with Gasteiger partial charge in [-0.3, -0.25) is 9.69 Å². The molecule has 0 aliphatic carbocycles. The number of benzene rings is 1. The summed E-state index contributed by atoms with van der Waals surface area (Å²) in [7, 11) is 0. The van der Waals surface area contributed by atoms with Crippen molar-refractivity contribution < 1.29 is 4.79 Å². The van der Waals surface area contributed by atoms with Gasteiger partial charge in [-0.25, -0.2) is 9.97 Å². The van der Waals surface area contributed by atoms with Crippen molar-refractivity contribution in [3.63, 3.8) is 0 Å². The Morgan fingerprint density at radius 3 is 2.96 bits per heavy atom. The SMILES string of the molecule is Nc1cc(-c2cccc(C(=O)N3CCN4CCC[C@@H]4C3)c2)ncn1. The largest absolute Gasteiger partial charge is 0.384 e. The van der Waals surface area contributed by atoms with Gasteiger partial charge in [0, 0.05) is 42.9 Å². The Morgan fingerprint density at radius 1 is 1.17 bits per heavy atom. The van der Waals surface area contributed by atoms with Gasteiger partial charge < -0.3 is 10.6 Å². The number of carbonyl (C=O) groups excluding carboxylic acids is 1. The minimum atomic E-state index is 0.102. The number of nitrogens with zero attached hydrogens (tertiary/aromatic N) is 4. The van der Waals surface area contributed by atoms with Crippen LogP contribution in [0.1, 0.15) is 23.2 Å². The van der Waals surface area contributed by atoms with E-state index in [0.29, 0.717) is 17.4 Å². The zero-order chi connectivity index (χ0) is 16.5. The summed E-state index contributed by atoms with van der Waals surface area (Å²) in [5.74, 6) is 0.527. The lowest BCUT2D eigenvalue weighted by Gasteiger charge is -2.37. The molecule has 0 saturated carbocycles. The predicted octanol–water partition coefficient (Wildman–Crippen LogP) is 1.65. The molecule has 2 aromatic rings. The van der Waals surface area contributed by atoms with Crippen molar-refractivity contribution in [2.75, 3.05) is 31.9 Å². The lowest BCUT2D eigenvalue weighted by atomic mass is 10.1. The van der Waals surface area contributed by atoms with E-state index < -0.39 is 0 Å². The molecule has 124 valence electrons. The van der Waals surface area contributed by atoms with Crippen LogP contribution in [0.2, 0.25) is 0 Å². The highest BCUT2D eigenvalue weighted by molar-refractivity contribution is 5.95. The Bertz CT molecular complexity index is 763. The summed E-state index contributed by atoms with van der Waals surface area (Å²) >= 11 is 0. The summed E-state index contributed by atoms with van der Waals surface area (Å²) in [6.07, 6.45) is 3.89. The fraction of sp³-hybridized carbons (Fsp3) is 0.389. The fourth-order valence-corrected chi connectivity index (χ4v) is 3.70. The minimum Gasteiger partial charge on any atom is -0.384 e. The molecule has 2 N–H and O–H groups in total. The van der Waals surface area contributed by atoms with Crippen molar-refractivity contribution in [2.24, 2.45) is 0 Å². The third-order valence-electron chi connectivity index (χ3n) is 4.97. The monoisotopic (exact) mass is 323 g/mol. The van der Waals surface area contributed by atoms with Crippen molar-refractivity contribution >= 4 is 11.7 Å². The summed E-state index contributed by atoms with van der Waals surface area (Å²) < 4.78 is 0. The second-order valence-electron chi connectivity index (χ2n) is 6.49. The lowest BCUT2D eigenvalue weighted by Crippen LogP contribution is -2.52. The van der Waals surface area contributed by atoms with Gasteiger partial charge in [0.15, 0.2) is 0 Å². The van der Waals surface area contributed by atoms with E-state index in [4.69, 9.17) is 5.73 Å². The van der Waals surface area contributed by atoms with Crippen LogP contribution in [0.5, 0.6) is 0 Å². The molecule has 2 aliphatic heterocycles. The molecule has 3 heterocycles. The first-order valence-corrected chi connectivity index (χ1v) is 8.42. The maximum Gasteiger partial charge on any atom is 0.253 e. The zero-order valence-corrected chi connectivity index (χ0v) is 13.6. The van der Waals surface area contributed by atoms with Gasteiger partial charge in [0.1, 0.15) is 12.1 Å². The van der Waals surface area contributed by atoms with Crippen LogP contribution < -0.4 is 5.73 Å². The summed E-state index contributed by atoms with van der Waals surface area (Å²) in [6.45, 7) is 3.80. The third-order valence-corrected chi connectivity index (χ3v) is 4.97. The van der Waals surface area contributed by atoms with Crippen molar-refractivity contribution in [1.82, 2.24) is 19.8 Å². The highest BCUT2D eigenvalue weighted by Crippen LogP contribution is 2.24. The molecule has 1 aromatic heterocycles. The lowest BCUT2D eigenvalue weighted by molar-refractivity contribution is 0.0571. The van der Waals surface area contributed by atoms with E-state index in [2.05, 4.69) is 14.9 Å². The normalized spacial score (nSPS) is 20.8. The second-order valence-corrected chi connectivity index (χ2v) is 6.49. The topological polar surface area (TPSA) is 75.4 Å². The number of fused-ring (bicyclic) bond motifs is 1. The number of hydrogen-bond donors (Lipinski definition) is 1. The molecular weight excluding hydrogens is 302 g/mol. The average molecular weight is 323 g/mol.